The van der Waals surface area contributed by atoms with Crippen LogP contribution in [0.4, 0.5) is 5.69 Å². The number of nitrogens with zero attached hydrogens (tertiary/aromatic N) is 2. The van der Waals surface area contributed by atoms with Gasteiger partial charge in [-0.3, -0.25) is 19.5 Å². The van der Waals surface area contributed by atoms with E-state index in [9.17, 15) is 19.5 Å². The summed E-state index contributed by atoms with van der Waals surface area (Å²) in [5, 5.41) is 11.1. The van der Waals surface area contributed by atoms with Crippen molar-refractivity contribution >= 4 is 29.1 Å². The van der Waals surface area contributed by atoms with Crippen LogP contribution in [0, 0.1) is 6.92 Å². The van der Waals surface area contributed by atoms with Crippen molar-refractivity contribution in [2.24, 2.45) is 0 Å². The molecule has 172 valence electrons. The highest BCUT2D eigenvalue weighted by molar-refractivity contribution is 6.51. The largest absolute Gasteiger partial charge is 0.507 e. The number of amides is 1. The highest BCUT2D eigenvalue weighted by atomic mass is 16.5. The number of carbonyl (C=O) groups excluding carboxylic acids is 3. The fraction of sp³-hybridized carbons (Fsp3) is 0.185. The van der Waals surface area contributed by atoms with Crippen LogP contribution in [-0.4, -0.2) is 33.9 Å². The molecule has 1 aromatic heterocycles. The lowest BCUT2D eigenvalue weighted by atomic mass is 9.97. The van der Waals surface area contributed by atoms with Gasteiger partial charge in [-0.15, -0.1) is 0 Å². The number of ketones is 1. The number of benzene rings is 2. The molecule has 7 nitrogen and oxygen atoms in total. The zero-order chi connectivity index (χ0) is 24.4. The SMILES string of the molecule is Cc1ccc(/C(O)=C2\C(=O)C(=O)N(c3ccc(C(=O)OC(C)C)cc3)C2c2ccccn2)cc1. The molecule has 1 fully saturated rings. The summed E-state index contributed by atoms with van der Waals surface area (Å²) in [5.41, 5.74) is 2.52. The van der Waals surface area contributed by atoms with Gasteiger partial charge in [-0.25, -0.2) is 4.79 Å². The maximum absolute atomic E-state index is 13.2. The number of Topliss-reactive ketones (excluding diaryl/α,β-unsaturated/α-hetero) is 1. The summed E-state index contributed by atoms with van der Waals surface area (Å²) in [4.78, 5) is 44.2. The minimum Gasteiger partial charge on any atom is -0.507 e. The Morgan fingerprint density at radius 3 is 2.21 bits per heavy atom. The topological polar surface area (TPSA) is 96.8 Å². The summed E-state index contributed by atoms with van der Waals surface area (Å²) >= 11 is 0. The van der Waals surface area contributed by atoms with E-state index in [1.165, 1.54) is 17.0 Å². The van der Waals surface area contributed by atoms with E-state index < -0.39 is 23.7 Å². The third kappa shape index (κ3) is 4.32. The number of aliphatic hydroxyl groups excluding tert-OH is 1. The average molecular weight is 456 g/mol. The van der Waals surface area contributed by atoms with Crippen molar-refractivity contribution in [3.05, 3.63) is 101 Å². The molecule has 1 atom stereocenters. The Hall–Kier alpha value is -4.26. The van der Waals surface area contributed by atoms with Crippen molar-refractivity contribution in [1.29, 1.82) is 0 Å². The summed E-state index contributed by atoms with van der Waals surface area (Å²) < 4.78 is 5.21. The third-order valence-corrected chi connectivity index (χ3v) is 5.46. The molecule has 3 aromatic rings. The number of hydrogen-bond donors (Lipinski definition) is 1. The Morgan fingerprint density at radius 1 is 0.971 bits per heavy atom. The molecular formula is C27H24N2O5. The van der Waals surface area contributed by atoms with E-state index in [0.717, 1.165) is 5.56 Å². The minimum atomic E-state index is -0.934. The van der Waals surface area contributed by atoms with E-state index in [1.54, 1.807) is 62.5 Å². The van der Waals surface area contributed by atoms with Crippen LogP contribution in [0.5, 0.6) is 0 Å². The molecule has 1 unspecified atom stereocenters. The van der Waals surface area contributed by atoms with Crippen LogP contribution in [-0.2, 0) is 14.3 Å². The van der Waals surface area contributed by atoms with Crippen molar-refractivity contribution in [3.8, 4) is 0 Å². The van der Waals surface area contributed by atoms with Gasteiger partial charge in [0.15, 0.2) is 0 Å². The first-order chi connectivity index (χ1) is 16.3. The van der Waals surface area contributed by atoms with E-state index in [1.807, 2.05) is 19.1 Å². The van der Waals surface area contributed by atoms with Crippen LogP contribution >= 0.6 is 0 Å². The summed E-state index contributed by atoms with van der Waals surface area (Å²) in [6.45, 7) is 5.43. The molecule has 0 bridgehead atoms. The molecule has 1 aliphatic rings. The third-order valence-electron chi connectivity index (χ3n) is 5.46. The van der Waals surface area contributed by atoms with Crippen molar-refractivity contribution in [2.45, 2.75) is 32.9 Å². The molecule has 1 amide bonds. The second-order valence-electron chi connectivity index (χ2n) is 8.29. The Morgan fingerprint density at radius 2 is 1.62 bits per heavy atom. The summed E-state index contributed by atoms with van der Waals surface area (Å²) in [7, 11) is 0. The average Bonchev–Trinajstić information content (AvgIpc) is 3.10. The van der Waals surface area contributed by atoms with Gasteiger partial charge in [-0.2, -0.15) is 0 Å². The number of anilines is 1. The number of carbonyl (C=O) groups is 3. The number of aliphatic hydroxyl groups is 1. The lowest BCUT2D eigenvalue weighted by Crippen LogP contribution is -2.29. The maximum Gasteiger partial charge on any atom is 0.338 e. The normalized spacial score (nSPS) is 17.3. The fourth-order valence-corrected chi connectivity index (χ4v) is 3.82. The van der Waals surface area contributed by atoms with Crippen LogP contribution in [0.3, 0.4) is 0 Å². The molecule has 0 aliphatic carbocycles. The van der Waals surface area contributed by atoms with Gasteiger partial charge in [0.1, 0.15) is 11.8 Å². The van der Waals surface area contributed by atoms with Crippen LogP contribution < -0.4 is 4.90 Å². The number of pyridine rings is 1. The number of ether oxygens (including phenoxy) is 1. The van der Waals surface area contributed by atoms with Crippen molar-refractivity contribution in [3.63, 3.8) is 0 Å². The number of aromatic nitrogens is 1. The zero-order valence-electron chi connectivity index (χ0n) is 19.1. The number of aryl methyl sites for hydroxylation is 1. The van der Waals surface area contributed by atoms with Crippen LogP contribution in [0.2, 0.25) is 0 Å². The van der Waals surface area contributed by atoms with Crippen molar-refractivity contribution in [1.82, 2.24) is 4.98 Å². The van der Waals surface area contributed by atoms with Gasteiger partial charge in [0.05, 0.1) is 22.9 Å². The van der Waals surface area contributed by atoms with E-state index in [2.05, 4.69) is 4.98 Å². The molecule has 1 N–H and O–H groups in total. The summed E-state index contributed by atoms with van der Waals surface area (Å²) in [6.07, 6.45) is 1.29. The summed E-state index contributed by atoms with van der Waals surface area (Å²) in [6, 6.07) is 17.5. The van der Waals surface area contributed by atoms with Crippen molar-refractivity contribution < 1.29 is 24.2 Å². The van der Waals surface area contributed by atoms with Gasteiger partial charge < -0.3 is 9.84 Å². The molecule has 4 rings (SSSR count). The van der Waals surface area contributed by atoms with Gasteiger partial charge in [-0.05, 0) is 57.2 Å². The molecule has 7 heteroatoms. The van der Waals surface area contributed by atoms with Crippen LogP contribution in [0.1, 0.15) is 47.1 Å². The lowest BCUT2D eigenvalue weighted by molar-refractivity contribution is -0.132. The molecule has 1 aliphatic heterocycles. The molecule has 2 heterocycles. The quantitative estimate of drug-likeness (QED) is 0.261. The molecule has 0 radical (unpaired) electrons. The van der Waals surface area contributed by atoms with Gasteiger partial charge in [0, 0.05) is 17.4 Å². The number of rotatable bonds is 5. The Balaban J connectivity index is 1.82. The van der Waals surface area contributed by atoms with Gasteiger partial charge in [-0.1, -0.05) is 35.9 Å². The standard InChI is InChI=1S/C27H24N2O5/c1-16(2)34-27(33)19-11-13-20(14-12-19)29-23(21-6-4-5-15-28-21)22(25(31)26(29)32)24(30)18-9-7-17(3)8-10-18/h4-16,23,30H,1-3H3/b24-22+. The second-order valence-corrected chi connectivity index (χ2v) is 8.29. The van der Waals surface area contributed by atoms with E-state index in [4.69, 9.17) is 4.74 Å². The summed E-state index contributed by atoms with van der Waals surface area (Å²) in [5.74, 6) is -2.35. The molecule has 0 saturated carbocycles. The monoisotopic (exact) mass is 456 g/mol. The molecular weight excluding hydrogens is 432 g/mol. The zero-order valence-corrected chi connectivity index (χ0v) is 19.1. The molecule has 34 heavy (non-hydrogen) atoms. The second kappa shape index (κ2) is 9.31. The van der Waals surface area contributed by atoms with E-state index in [0.29, 0.717) is 22.5 Å². The van der Waals surface area contributed by atoms with Gasteiger partial charge in [0.2, 0.25) is 0 Å². The van der Waals surface area contributed by atoms with Gasteiger partial charge >= 0.3 is 5.97 Å². The number of hydrogen-bond acceptors (Lipinski definition) is 6. The Kier molecular flexibility index (Phi) is 6.27. The van der Waals surface area contributed by atoms with Gasteiger partial charge in [0.25, 0.3) is 11.7 Å². The fourth-order valence-electron chi connectivity index (χ4n) is 3.82. The lowest BCUT2D eigenvalue weighted by Gasteiger charge is -2.24. The predicted octanol–water partition coefficient (Wildman–Crippen LogP) is 4.58. The van der Waals surface area contributed by atoms with E-state index in [-0.39, 0.29) is 17.4 Å². The molecule has 2 aromatic carbocycles. The smallest absolute Gasteiger partial charge is 0.338 e. The maximum atomic E-state index is 13.2. The van der Waals surface area contributed by atoms with E-state index >= 15 is 0 Å². The Bertz CT molecular complexity index is 1260. The first-order valence-electron chi connectivity index (χ1n) is 10.9. The number of esters is 1. The van der Waals surface area contributed by atoms with Crippen LogP contribution in [0.15, 0.2) is 78.5 Å². The van der Waals surface area contributed by atoms with Crippen molar-refractivity contribution in [2.75, 3.05) is 4.90 Å². The minimum absolute atomic E-state index is 0.0455. The first kappa shape index (κ1) is 22.9. The highest BCUT2D eigenvalue weighted by Gasteiger charge is 2.47. The van der Waals surface area contributed by atoms with Crippen LogP contribution in [0.25, 0.3) is 5.76 Å². The molecule has 1 saturated heterocycles. The Labute approximate surface area is 197 Å². The predicted molar refractivity (Wildman–Crippen MR) is 127 cm³/mol. The first-order valence-corrected chi connectivity index (χ1v) is 10.9. The highest BCUT2D eigenvalue weighted by Crippen LogP contribution is 2.41. The molecule has 0 spiro atoms.